The van der Waals surface area contributed by atoms with E-state index in [1.54, 1.807) is 6.92 Å². The smallest absolute Gasteiger partial charge is 0.334 e. The van der Waals surface area contributed by atoms with Gasteiger partial charge in [-0.2, -0.15) is 0 Å². The molecule has 4 saturated carbocycles. The molecule has 23 heavy (non-hydrogen) atoms. The number of hydrogen-bond donors (Lipinski definition) is 0. The van der Waals surface area contributed by atoms with Crippen LogP contribution in [0.5, 0.6) is 0 Å². The van der Waals surface area contributed by atoms with Crippen molar-refractivity contribution in [2.75, 3.05) is 0 Å². The second-order valence-corrected chi connectivity index (χ2v) is 8.85. The maximum atomic E-state index is 12.4. The minimum atomic E-state index is -0.558. The Kier molecular flexibility index (Phi) is 4.06. The molecule has 128 valence electrons. The Hall–Kier alpha value is -1.32. The zero-order valence-electron chi connectivity index (χ0n) is 14.7. The lowest BCUT2D eigenvalue weighted by Crippen LogP contribution is -2.52. The third-order valence-corrected chi connectivity index (χ3v) is 5.35. The highest BCUT2D eigenvalue weighted by molar-refractivity contribution is 5.96. The van der Waals surface area contributed by atoms with Crippen molar-refractivity contribution in [3.63, 3.8) is 0 Å². The van der Waals surface area contributed by atoms with Crippen LogP contribution in [0.3, 0.4) is 0 Å². The highest BCUT2D eigenvalue weighted by atomic mass is 16.6. The molecular formula is C19H28O4. The van der Waals surface area contributed by atoms with Gasteiger partial charge in [0, 0.05) is 11.6 Å². The molecule has 0 aromatic rings. The van der Waals surface area contributed by atoms with Crippen molar-refractivity contribution in [2.24, 2.45) is 17.8 Å². The molecule has 0 atom stereocenters. The molecular weight excluding hydrogens is 292 g/mol. The van der Waals surface area contributed by atoms with Crippen molar-refractivity contribution in [3.8, 4) is 0 Å². The summed E-state index contributed by atoms with van der Waals surface area (Å²) in [5.74, 6) is 1.33. The van der Waals surface area contributed by atoms with Gasteiger partial charge in [-0.25, -0.2) is 9.59 Å². The monoisotopic (exact) mass is 320 g/mol. The van der Waals surface area contributed by atoms with Crippen molar-refractivity contribution in [2.45, 2.75) is 77.4 Å². The van der Waals surface area contributed by atoms with E-state index in [-0.39, 0.29) is 11.6 Å². The zero-order chi connectivity index (χ0) is 16.8. The molecule has 0 radical (unpaired) electrons. The Balaban J connectivity index is 1.64. The summed E-state index contributed by atoms with van der Waals surface area (Å²) < 4.78 is 11.2. The Bertz CT molecular complexity index is 503. The molecule has 0 aromatic heterocycles. The first-order valence-corrected chi connectivity index (χ1v) is 8.79. The van der Waals surface area contributed by atoms with Gasteiger partial charge in [0.15, 0.2) is 0 Å². The summed E-state index contributed by atoms with van der Waals surface area (Å²) >= 11 is 0. The van der Waals surface area contributed by atoms with Gasteiger partial charge in [0.2, 0.25) is 0 Å². The topological polar surface area (TPSA) is 52.6 Å². The van der Waals surface area contributed by atoms with E-state index in [2.05, 4.69) is 0 Å². The third kappa shape index (κ3) is 3.78. The summed E-state index contributed by atoms with van der Waals surface area (Å²) in [6, 6.07) is 0. The van der Waals surface area contributed by atoms with Crippen molar-refractivity contribution < 1.29 is 19.1 Å². The number of ether oxygens (including phenoxy) is 2. The molecule has 0 amide bonds. The lowest BCUT2D eigenvalue weighted by atomic mass is 9.54. The predicted octanol–water partition coefficient (Wildman–Crippen LogP) is 3.79. The van der Waals surface area contributed by atoms with Crippen molar-refractivity contribution >= 4 is 11.9 Å². The fraction of sp³-hybridized carbons (Fsp3) is 0.789. The molecule has 0 unspecified atom stereocenters. The molecule has 0 N–H and O–H groups in total. The quantitative estimate of drug-likeness (QED) is 0.586. The highest BCUT2D eigenvalue weighted by Crippen LogP contribution is 2.57. The molecule has 0 saturated heterocycles. The van der Waals surface area contributed by atoms with Gasteiger partial charge in [0.1, 0.15) is 11.2 Å². The summed E-state index contributed by atoms with van der Waals surface area (Å²) in [4.78, 5) is 24.3. The average Bonchev–Trinajstić information content (AvgIpc) is 2.33. The highest BCUT2D eigenvalue weighted by Gasteiger charge is 2.53. The number of esters is 2. The van der Waals surface area contributed by atoms with Crippen LogP contribution in [0.15, 0.2) is 11.6 Å². The maximum Gasteiger partial charge on any atom is 0.334 e. The molecule has 4 fully saturated rings. The first kappa shape index (κ1) is 16.5. The van der Waals surface area contributed by atoms with Crippen LogP contribution in [-0.4, -0.2) is 23.1 Å². The molecule has 4 nitrogen and oxygen atoms in total. The summed E-state index contributed by atoms with van der Waals surface area (Å²) in [5, 5.41) is 0. The van der Waals surface area contributed by atoms with E-state index in [1.165, 1.54) is 25.3 Å². The number of carbonyl (C=O) groups is 2. The van der Waals surface area contributed by atoms with Crippen LogP contribution in [0.4, 0.5) is 0 Å². The van der Waals surface area contributed by atoms with E-state index >= 15 is 0 Å². The molecule has 0 aromatic carbocycles. The number of hydrogen-bond acceptors (Lipinski definition) is 4. The van der Waals surface area contributed by atoms with Gasteiger partial charge in [0.25, 0.3) is 0 Å². The van der Waals surface area contributed by atoms with Gasteiger partial charge in [-0.05, 0) is 84.0 Å². The summed E-state index contributed by atoms with van der Waals surface area (Å²) in [7, 11) is 0. The van der Waals surface area contributed by atoms with E-state index in [1.807, 2.05) is 20.8 Å². The third-order valence-electron chi connectivity index (χ3n) is 5.35. The van der Waals surface area contributed by atoms with Crippen LogP contribution >= 0.6 is 0 Å². The summed E-state index contributed by atoms with van der Waals surface area (Å²) in [5.41, 5.74) is -0.498. The first-order valence-electron chi connectivity index (χ1n) is 8.79. The van der Waals surface area contributed by atoms with Crippen molar-refractivity contribution in [1.82, 2.24) is 0 Å². The van der Waals surface area contributed by atoms with Crippen LogP contribution < -0.4 is 0 Å². The fourth-order valence-corrected chi connectivity index (χ4v) is 5.00. The van der Waals surface area contributed by atoms with Crippen LogP contribution in [0, 0.1) is 17.8 Å². The van der Waals surface area contributed by atoms with E-state index in [0.717, 1.165) is 37.0 Å². The summed E-state index contributed by atoms with van der Waals surface area (Å²) in [6.45, 7) is 7.05. The second-order valence-electron chi connectivity index (χ2n) is 8.85. The van der Waals surface area contributed by atoms with Gasteiger partial charge in [-0.1, -0.05) is 0 Å². The predicted molar refractivity (Wildman–Crippen MR) is 86.6 cm³/mol. The average molecular weight is 320 g/mol. The standard InChI is InChI=1S/C19H28O4/c1-12(5-16(20)22-18(2,3)4)17(21)23-19-9-13-6-14(10-19)8-15(7-13)11-19/h5,13-15H,6-11H2,1-4H3/b12-5+. The zero-order valence-corrected chi connectivity index (χ0v) is 14.7. The number of rotatable bonds is 3. The second kappa shape index (κ2) is 5.64. The van der Waals surface area contributed by atoms with Gasteiger partial charge in [-0.15, -0.1) is 0 Å². The van der Waals surface area contributed by atoms with Crippen molar-refractivity contribution in [3.05, 3.63) is 11.6 Å². The molecule has 4 aliphatic carbocycles. The van der Waals surface area contributed by atoms with Crippen LogP contribution in [-0.2, 0) is 19.1 Å². The van der Waals surface area contributed by atoms with Crippen LogP contribution in [0.25, 0.3) is 0 Å². The van der Waals surface area contributed by atoms with Gasteiger partial charge >= 0.3 is 11.9 Å². The first-order chi connectivity index (χ1) is 10.6. The Labute approximate surface area is 138 Å². The minimum absolute atomic E-state index is 0.269. The van der Waals surface area contributed by atoms with E-state index in [0.29, 0.717) is 5.57 Å². The molecule has 4 aliphatic rings. The minimum Gasteiger partial charge on any atom is -0.457 e. The van der Waals surface area contributed by atoms with Crippen LogP contribution in [0.1, 0.15) is 66.2 Å². The van der Waals surface area contributed by atoms with Crippen LogP contribution in [0.2, 0.25) is 0 Å². The normalized spacial score (nSPS) is 36.0. The fourth-order valence-electron chi connectivity index (χ4n) is 5.00. The molecule has 4 bridgehead atoms. The van der Waals surface area contributed by atoms with Gasteiger partial charge in [-0.3, -0.25) is 0 Å². The van der Waals surface area contributed by atoms with Gasteiger partial charge < -0.3 is 9.47 Å². The summed E-state index contributed by atoms with van der Waals surface area (Å²) in [6.07, 6.45) is 8.20. The molecule has 4 rings (SSSR count). The van der Waals surface area contributed by atoms with Crippen molar-refractivity contribution in [1.29, 1.82) is 0 Å². The lowest BCUT2D eigenvalue weighted by molar-refractivity contribution is -0.182. The lowest BCUT2D eigenvalue weighted by Gasteiger charge is -2.55. The van der Waals surface area contributed by atoms with Gasteiger partial charge in [0.05, 0.1) is 0 Å². The molecule has 4 heteroatoms. The Morgan fingerprint density at radius 2 is 1.48 bits per heavy atom. The Morgan fingerprint density at radius 1 is 1.00 bits per heavy atom. The van der Waals surface area contributed by atoms with E-state index in [9.17, 15) is 9.59 Å². The SMILES string of the molecule is C/C(=C\C(=O)OC(C)(C)C)C(=O)OC12CC3CC(CC(C3)C1)C2. The largest absolute Gasteiger partial charge is 0.457 e. The molecule has 0 aliphatic heterocycles. The number of carbonyl (C=O) groups excluding carboxylic acids is 2. The van der Waals surface area contributed by atoms with E-state index < -0.39 is 11.6 Å². The molecule has 0 spiro atoms. The van der Waals surface area contributed by atoms with E-state index in [4.69, 9.17) is 9.47 Å². The Morgan fingerprint density at radius 3 is 1.91 bits per heavy atom. The molecule has 0 heterocycles. The maximum absolute atomic E-state index is 12.4.